The number of carbonyl (C=O) groups is 2. The van der Waals surface area contributed by atoms with Gasteiger partial charge in [-0.25, -0.2) is 4.79 Å². The lowest BCUT2D eigenvalue weighted by Crippen LogP contribution is -3.06. The fourth-order valence-electron chi connectivity index (χ4n) is 3.08. The van der Waals surface area contributed by atoms with E-state index in [0.717, 1.165) is 32.7 Å². The van der Waals surface area contributed by atoms with Gasteiger partial charge in [-0.2, -0.15) is 15.0 Å². The number of nitrogens with zero attached hydrogens (tertiary/aromatic N) is 5. The Balaban J connectivity index is 0.000000493. The predicted octanol–water partition coefficient (Wildman–Crippen LogP) is -0.0416. The average Bonchev–Trinajstić information content (AvgIpc) is 2.83. The molecule has 0 amide bonds. The number of hydrogen-bond acceptors (Lipinski definition) is 9. The zero-order valence-corrected chi connectivity index (χ0v) is 22.1. The minimum atomic E-state index is -1.70. The van der Waals surface area contributed by atoms with Gasteiger partial charge in [0.25, 0.3) is 0 Å². The van der Waals surface area contributed by atoms with Crippen molar-refractivity contribution in [1.29, 1.82) is 0 Å². The van der Waals surface area contributed by atoms with E-state index < -0.39 is 15.7 Å². The monoisotopic (exact) mass is 559 g/mol. The summed E-state index contributed by atoms with van der Waals surface area (Å²) in [5, 5.41) is 20.4. The third-order valence-corrected chi connectivity index (χ3v) is 5.34. The number of carbonyl (C=O) groups excluding carboxylic acids is 1. The highest BCUT2D eigenvalue weighted by atomic mass is 35.6. The van der Waals surface area contributed by atoms with Crippen molar-refractivity contribution in [2.45, 2.75) is 3.79 Å². The first-order valence-electron chi connectivity index (χ1n) is 11.0. The number of anilines is 3. The van der Waals surface area contributed by atoms with E-state index in [1.807, 2.05) is 18.2 Å². The molecule has 1 aromatic carbocycles. The molecule has 196 valence electrons. The molecule has 1 fully saturated rings. The molecule has 36 heavy (non-hydrogen) atoms. The van der Waals surface area contributed by atoms with E-state index in [4.69, 9.17) is 39.9 Å². The molecule has 1 saturated heterocycles. The van der Waals surface area contributed by atoms with E-state index in [9.17, 15) is 14.7 Å². The molecule has 3 N–H and O–H groups in total. The van der Waals surface area contributed by atoms with Gasteiger partial charge in [0, 0.05) is 37.9 Å². The number of aromatic nitrogens is 3. The number of hydrogen-bond donors (Lipinski definition) is 3. The molecule has 0 unspecified atom stereocenters. The Morgan fingerprint density at radius 3 is 2.17 bits per heavy atom. The Bertz CT molecular complexity index is 1010. The van der Waals surface area contributed by atoms with Gasteiger partial charge in [0.05, 0.1) is 33.2 Å². The van der Waals surface area contributed by atoms with Crippen LogP contribution in [0.25, 0.3) is 0 Å². The topological polar surface area (TPSA) is 139 Å². The van der Waals surface area contributed by atoms with E-state index >= 15 is 0 Å². The van der Waals surface area contributed by atoms with Gasteiger partial charge in [-0.3, -0.25) is 0 Å². The molecule has 0 bridgehead atoms. The number of piperazine rings is 1. The number of rotatable bonds is 8. The highest BCUT2D eigenvalue weighted by Gasteiger charge is 2.30. The van der Waals surface area contributed by atoms with E-state index in [1.165, 1.54) is 10.6 Å². The second-order valence-electron chi connectivity index (χ2n) is 7.96. The van der Waals surface area contributed by atoms with Crippen molar-refractivity contribution in [2.24, 2.45) is 0 Å². The maximum absolute atomic E-state index is 9.53. The zero-order valence-electron chi connectivity index (χ0n) is 19.8. The number of alkyl halides is 3. The van der Waals surface area contributed by atoms with Crippen LogP contribution in [0.2, 0.25) is 0 Å². The largest absolute Gasteiger partial charge is 0.545 e. The van der Waals surface area contributed by atoms with Crippen LogP contribution >= 0.6 is 34.8 Å². The number of para-hydroxylation sites is 1. The minimum Gasteiger partial charge on any atom is -0.545 e. The Morgan fingerprint density at radius 1 is 1.06 bits per heavy atom. The molecule has 2 aromatic rings. The molecule has 1 aliphatic heterocycles. The molecular formula is C22H28Cl3N7O4. The summed E-state index contributed by atoms with van der Waals surface area (Å²) in [7, 11) is 4.17. The molecule has 0 radical (unpaired) electrons. The van der Waals surface area contributed by atoms with E-state index in [2.05, 4.69) is 56.3 Å². The molecule has 3 rings (SSSR count). The summed E-state index contributed by atoms with van der Waals surface area (Å²) in [5.74, 6) is -1.71. The van der Waals surface area contributed by atoms with Crippen LogP contribution in [0.5, 0.6) is 0 Å². The van der Waals surface area contributed by atoms with Crippen molar-refractivity contribution in [3.8, 4) is 0 Å². The second-order valence-corrected chi connectivity index (χ2v) is 10.2. The Morgan fingerprint density at radius 2 is 1.67 bits per heavy atom. The van der Waals surface area contributed by atoms with Crippen molar-refractivity contribution < 1.29 is 24.7 Å². The number of halogens is 3. The number of nitrogens with one attached hydrogen (secondary N) is 2. The summed E-state index contributed by atoms with van der Waals surface area (Å²) in [4.78, 5) is 38.0. The molecule has 0 aliphatic carbocycles. The lowest BCUT2D eigenvalue weighted by Gasteiger charge is -2.36. The first kappa shape index (κ1) is 29.4. The third kappa shape index (κ3) is 10.4. The van der Waals surface area contributed by atoms with Crippen molar-refractivity contribution in [2.75, 3.05) is 68.5 Å². The van der Waals surface area contributed by atoms with E-state index in [1.54, 1.807) is 0 Å². The lowest BCUT2D eigenvalue weighted by atomic mass is 10.2. The Kier molecular flexibility index (Phi) is 11.4. The maximum atomic E-state index is 9.53. The number of benzene rings is 1. The lowest BCUT2D eigenvalue weighted by molar-refractivity contribution is -0.856. The van der Waals surface area contributed by atoms with Gasteiger partial charge >= 0.3 is 5.97 Å². The molecule has 1 aliphatic rings. The summed E-state index contributed by atoms with van der Waals surface area (Å²) >= 11 is 18.1. The van der Waals surface area contributed by atoms with Gasteiger partial charge in [-0.05, 0) is 18.2 Å². The van der Waals surface area contributed by atoms with Gasteiger partial charge in [-0.1, -0.05) is 53.0 Å². The van der Waals surface area contributed by atoms with Crippen LogP contribution in [-0.2, 0) is 13.4 Å². The van der Waals surface area contributed by atoms with E-state index in [-0.39, 0.29) is 5.82 Å². The van der Waals surface area contributed by atoms with Crippen LogP contribution < -0.4 is 25.1 Å². The molecular weight excluding hydrogens is 533 g/mol. The summed E-state index contributed by atoms with van der Waals surface area (Å²) in [6, 6.07) is 10.4. The molecule has 0 atom stereocenters. The molecule has 0 spiro atoms. The van der Waals surface area contributed by atoms with Crippen molar-refractivity contribution in [3.05, 3.63) is 48.3 Å². The number of carboxylic acids is 2. The minimum absolute atomic E-state index is 0.132. The van der Waals surface area contributed by atoms with Gasteiger partial charge in [-0.15, -0.1) is 0 Å². The van der Waals surface area contributed by atoms with Gasteiger partial charge in [0.1, 0.15) is 0 Å². The van der Waals surface area contributed by atoms with Crippen molar-refractivity contribution in [1.82, 2.24) is 15.0 Å². The predicted molar refractivity (Wildman–Crippen MR) is 138 cm³/mol. The number of carboxylic acid groups (broad SMARTS) is 2. The Hall–Kier alpha value is -2.86. The summed E-state index contributed by atoms with van der Waals surface area (Å²) in [6.45, 7) is 4.92. The van der Waals surface area contributed by atoms with Crippen LogP contribution in [0.1, 0.15) is 5.82 Å². The quantitative estimate of drug-likeness (QED) is 0.298. The van der Waals surface area contributed by atoms with Gasteiger partial charge < -0.3 is 35.0 Å². The van der Waals surface area contributed by atoms with Crippen LogP contribution in [0.15, 0.2) is 42.5 Å². The van der Waals surface area contributed by atoms with Crippen molar-refractivity contribution >= 4 is 64.3 Å². The summed E-state index contributed by atoms with van der Waals surface area (Å²) in [6.07, 6.45) is 0.942. The normalized spacial score (nSPS) is 13.9. The highest BCUT2D eigenvalue weighted by molar-refractivity contribution is 6.66. The first-order chi connectivity index (χ1) is 17.0. The molecule has 14 heteroatoms. The standard InChI is InChI=1S/C18H24Cl3N7.C4H4O4/c1-26(2)9-8-22-16-23-15(18(19,20)21)24-17(25-16)28-12-10-27(11-13-28)14-6-4-3-5-7-14;5-3(6)1-2-4(7)8/h3-7H,8-13H2,1-2H3,(H,22,23,24,25);1-2H,(H,5,6)(H,7,8)/b;2-1+. The van der Waals surface area contributed by atoms with Gasteiger partial charge in [0.2, 0.25) is 15.7 Å². The van der Waals surface area contributed by atoms with E-state index in [0.29, 0.717) is 30.6 Å². The van der Waals surface area contributed by atoms with Crippen LogP contribution in [0, 0.1) is 0 Å². The Labute approximate surface area is 224 Å². The molecule has 1 aromatic heterocycles. The molecule has 2 heterocycles. The second kappa shape index (κ2) is 14.0. The average molecular weight is 561 g/mol. The third-order valence-electron chi connectivity index (χ3n) is 4.83. The smallest absolute Gasteiger partial charge is 0.328 e. The van der Waals surface area contributed by atoms with Crippen LogP contribution in [0.4, 0.5) is 17.6 Å². The molecule has 0 saturated carbocycles. The van der Waals surface area contributed by atoms with Crippen LogP contribution in [0.3, 0.4) is 0 Å². The SMILES string of the molecule is C[NH+](C)CCNc1nc(N2CCN(c3ccccc3)CC2)nc(C(Cl)(Cl)Cl)n1.O=C([O-])/C=C/C(=O)O. The van der Waals surface area contributed by atoms with Gasteiger partial charge in [0.15, 0.2) is 5.82 Å². The summed E-state index contributed by atoms with van der Waals surface area (Å²) in [5.41, 5.74) is 1.22. The molecule has 11 nitrogen and oxygen atoms in total. The maximum Gasteiger partial charge on any atom is 0.328 e. The first-order valence-corrected chi connectivity index (χ1v) is 12.1. The highest BCUT2D eigenvalue weighted by Crippen LogP contribution is 2.36. The number of likely N-dealkylation sites (N-methyl/N-ethyl adjacent to an activating group) is 1. The summed E-state index contributed by atoms with van der Waals surface area (Å²) < 4.78 is -1.70. The number of quaternary nitrogens is 1. The zero-order chi connectivity index (χ0) is 26.7. The fraction of sp³-hybridized carbons (Fsp3) is 0.409. The van der Waals surface area contributed by atoms with Crippen LogP contribution in [-0.4, -0.2) is 85.4 Å². The van der Waals surface area contributed by atoms with Crippen molar-refractivity contribution in [3.63, 3.8) is 0 Å². The number of aliphatic carboxylic acids is 2. The fourth-order valence-corrected chi connectivity index (χ4v) is 3.33.